The minimum atomic E-state index is -0.137. The van der Waals surface area contributed by atoms with Crippen LogP contribution in [0.5, 0.6) is 0 Å². The Balaban J connectivity index is 1.46. The molecule has 0 unspecified atom stereocenters. The number of anilines is 1. The van der Waals surface area contributed by atoms with Crippen LogP contribution in [-0.4, -0.2) is 22.4 Å². The number of nitrogens with one attached hydrogen (secondary N) is 1. The fraction of sp³-hybridized carbons (Fsp3) is 0.190. The van der Waals surface area contributed by atoms with E-state index in [1.54, 1.807) is 12.4 Å². The summed E-state index contributed by atoms with van der Waals surface area (Å²) < 4.78 is 0. The lowest BCUT2D eigenvalue weighted by Crippen LogP contribution is -2.31. The molecule has 0 atom stereocenters. The summed E-state index contributed by atoms with van der Waals surface area (Å²) in [4.78, 5) is 23.2. The second-order valence-electron chi connectivity index (χ2n) is 6.38. The van der Waals surface area contributed by atoms with Gasteiger partial charge in [-0.15, -0.1) is 0 Å². The molecule has 0 spiro atoms. The number of pyridine rings is 2. The first-order chi connectivity index (χ1) is 12.8. The number of carbonyl (C=O) groups is 1. The molecule has 26 heavy (non-hydrogen) atoms. The van der Waals surface area contributed by atoms with Crippen molar-refractivity contribution >= 4 is 11.6 Å². The Bertz CT molecular complexity index is 911. The monoisotopic (exact) mass is 344 g/mol. The van der Waals surface area contributed by atoms with E-state index < -0.39 is 0 Å². The van der Waals surface area contributed by atoms with Gasteiger partial charge in [-0.05, 0) is 35.7 Å². The third kappa shape index (κ3) is 3.57. The topological polar surface area (TPSA) is 58.1 Å². The van der Waals surface area contributed by atoms with Gasteiger partial charge in [0, 0.05) is 25.5 Å². The van der Waals surface area contributed by atoms with Crippen LogP contribution >= 0.6 is 0 Å². The van der Waals surface area contributed by atoms with Crippen molar-refractivity contribution in [2.45, 2.75) is 19.5 Å². The standard InChI is InChI=1S/C21H20N4O/c26-21(24-13-19-7-3-4-9-23-19)18-11-20(14-22-12-18)25-10-8-16-5-1-2-6-17(16)15-25/h1-7,9,11-12,14H,8,10,13,15H2,(H,24,26). The number of fused-ring (bicyclic) bond motifs is 1. The van der Waals surface area contributed by atoms with E-state index in [4.69, 9.17) is 0 Å². The summed E-state index contributed by atoms with van der Waals surface area (Å²) in [6, 6.07) is 16.1. The summed E-state index contributed by atoms with van der Waals surface area (Å²) in [5, 5.41) is 2.90. The lowest BCUT2D eigenvalue weighted by atomic mass is 9.99. The first-order valence-corrected chi connectivity index (χ1v) is 8.74. The Kier molecular flexibility index (Phi) is 4.60. The van der Waals surface area contributed by atoms with Crippen molar-refractivity contribution in [1.29, 1.82) is 0 Å². The highest BCUT2D eigenvalue weighted by molar-refractivity contribution is 5.94. The Morgan fingerprint density at radius 2 is 1.92 bits per heavy atom. The molecule has 1 aromatic carbocycles. The van der Waals surface area contributed by atoms with Crippen LogP contribution < -0.4 is 10.2 Å². The van der Waals surface area contributed by atoms with Gasteiger partial charge in [-0.2, -0.15) is 0 Å². The first kappa shape index (κ1) is 16.3. The highest BCUT2D eigenvalue weighted by Crippen LogP contribution is 2.24. The largest absolute Gasteiger partial charge is 0.366 e. The van der Waals surface area contributed by atoms with Gasteiger partial charge >= 0.3 is 0 Å². The van der Waals surface area contributed by atoms with E-state index in [-0.39, 0.29) is 5.91 Å². The molecule has 130 valence electrons. The van der Waals surface area contributed by atoms with Crippen LogP contribution in [0.2, 0.25) is 0 Å². The second-order valence-corrected chi connectivity index (χ2v) is 6.38. The lowest BCUT2D eigenvalue weighted by Gasteiger charge is -2.30. The normalized spacial score (nSPS) is 13.2. The Morgan fingerprint density at radius 1 is 1.08 bits per heavy atom. The molecule has 0 fully saturated rings. The van der Waals surface area contributed by atoms with E-state index in [9.17, 15) is 4.79 Å². The molecule has 5 nitrogen and oxygen atoms in total. The number of nitrogens with zero attached hydrogens (tertiary/aromatic N) is 3. The van der Waals surface area contributed by atoms with Gasteiger partial charge in [-0.25, -0.2) is 0 Å². The minimum absolute atomic E-state index is 0.137. The van der Waals surface area contributed by atoms with E-state index in [1.807, 2.05) is 30.5 Å². The van der Waals surface area contributed by atoms with Gasteiger partial charge in [0.1, 0.15) is 0 Å². The van der Waals surface area contributed by atoms with Crippen molar-refractivity contribution in [1.82, 2.24) is 15.3 Å². The molecule has 3 aromatic rings. The SMILES string of the molecule is O=C(NCc1ccccn1)c1cncc(N2CCc3ccccc3C2)c1. The quantitative estimate of drug-likeness (QED) is 0.790. The molecule has 0 saturated carbocycles. The molecule has 4 rings (SSSR count). The van der Waals surface area contributed by atoms with Crippen molar-refractivity contribution in [3.8, 4) is 0 Å². The summed E-state index contributed by atoms with van der Waals surface area (Å²) in [6.07, 6.45) is 6.16. The number of carbonyl (C=O) groups excluding carboxylic acids is 1. The highest BCUT2D eigenvalue weighted by Gasteiger charge is 2.17. The fourth-order valence-corrected chi connectivity index (χ4v) is 3.22. The summed E-state index contributed by atoms with van der Waals surface area (Å²) in [6.45, 7) is 2.18. The Labute approximate surface area is 152 Å². The van der Waals surface area contributed by atoms with Crippen molar-refractivity contribution in [3.63, 3.8) is 0 Å². The molecular weight excluding hydrogens is 324 g/mol. The second kappa shape index (κ2) is 7.35. The third-order valence-corrected chi connectivity index (χ3v) is 4.64. The summed E-state index contributed by atoms with van der Waals surface area (Å²) in [7, 11) is 0. The number of hydrogen-bond acceptors (Lipinski definition) is 4. The van der Waals surface area contributed by atoms with Crippen molar-refractivity contribution in [2.75, 3.05) is 11.4 Å². The zero-order chi connectivity index (χ0) is 17.8. The summed E-state index contributed by atoms with van der Waals surface area (Å²) in [5.74, 6) is -0.137. The molecule has 5 heteroatoms. The predicted octanol–water partition coefficient (Wildman–Crippen LogP) is 2.97. The zero-order valence-corrected chi connectivity index (χ0v) is 14.4. The zero-order valence-electron chi connectivity index (χ0n) is 14.4. The molecule has 1 N–H and O–H groups in total. The molecule has 0 saturated heterocycles. The number of amides is 1. The minimum Gasteiger partial charge on any atom is -0.366 e. The van der Waals surface area contributed by atoms with Gasteiger partial charge in [0.25, 0.3) is 5.91 Å². The lowest BCUT2D eigenvalue weighted by molar-refractivity contribution is 0.0950. The van der Waals surface area contributed by atoms with E-state index >= 15 is 0 Å². The van der Waals surface area contributed by atoms with Gasteiger partial charge in [-0.1, -0.05) is 30.3 Å². The number of benzene rings is 1. The van der Waals surface area contributed by atoms with Gasteiger partial charge in [0.05, 0.1) is 29.7 Å². The molecule has 0 radical (unpaired) electrons. The fourth-order valence-electron chi connectivity index (χ4n) is 3.22. The molecule has 0 bridgehead atoms. The van der Waals surface area contributed by atoms with E-state index in [1.165, 1.54) is 11.1 Å². The predicted molar refractivity (Wildman–Crippen MR) is 101 cm³/mol. The van der Waals surface area contributed by atoms with E-state index in [0.29, 0.717) is 12.1 Å². The van der Waals surface area contributed by atoms with Crippen LogP contribution in [-0.2, 0) is 19.5 Å². The number of hydrogen-bond donors (Lipinski definition) is 1. The maximum absolute atomic E-state index is 12.5. The van der Waals surface area contributed by atoms with Gasteiger partial charge in [-0.3, -0.25) is 14.8 Å². The maximum atomic E-state index is 12.5. The first-order valence-electron chi connectivity index (χ1n) is 8.74. The average Bonchev–Trinajstić information content (AvgIpc) is 2.72. The molecule has 1 aliphatic rings. The van der Waals surface area contributed by atoms with E-state index in [2.05, 4.69) is 44.5 Å². The smallest absolute Gasteiger partial charge is 0.253 e. The Hall–Kier alpha value is -3.21. The van der Waals surface area contributed by atoms with Crippen LogP contribution in [0.1, 0.15) is 27.2 Å². The summed E-state index contributed by atoms with van der Waals surface area (Å²) in [5.41, 5.74) is 5.12. The van der Waals surface area contributed by atoms with Crippen LogP contribution in [0.3, 0.4) is 0 Å². The highest BCUT2D eigenvalue weighted by atomic mass is 16.1. The molecule has 2 aromatic heterocycles. The van der Waals surface area contributed by atoms with Crippen molar-refractivity contribution in [3.05, 3.63) is 89.5 Å². The van der Waals surface area contributed by atoms with E-state index in [0.717, 1.165) is 30.9 Å². The van der Waals surface area contributed by atoms with Crippen LogP contribution in [0, 0.1) is 0 Å². The van der Waals surface area contributed by atoms with Crippen molar-refractivity contribution < 1.29 is 4.79 Å². The van der Waals surface area contributed by atoms with Crippen LogP contribution in [0.25, 0.3) is 0 Å². The third-order valence-electron chi connectivity index (χ3n) is 4.64. The maximum Gasteiger partial charge on any atom is 0.253 e. The van der Waals surface area contributed by atoms with Gasteiger partial charge in [0.2, 0.25) is 0 Å². The molecule has 3 heterocycles. The number of aromatic nitrogens is 2. The van der Waals surface area contributed by atoms with Crippen LogP contribution in [0.4, 0.5) is 5.69 Å². The Morgan fingerprint density at radius 3 is 2.77 bits per heavy atom. The molecule has 1 aliphatic heterocycles. The molecular formula is C21H20N4O. The number of rotatable bonds is 4. The van der Waals surface area contributed by atoms with Crippen LogP contribution in [0.15, 0.2) is 67.1 Å². The average molecular weight is 344 g/mol. The molecule has 0 aliphatic carbocycles. The summed E-state index contributed by atoms with van der Waals surface area (Å²) >= 11 is 0. The van der Waals surface area contributed by atoms with Gasteiger partial charge < -0.3 is 10.2 Å². The molecule has 1 amide bonds. The van der Waals surface area contributed by atoms with Gasteiger partial charge in [0.15, 0.2) is 0 Å². The van der Waals surface area contributed by atoms with Crippen molar-refractivity contribution in [2.24, 2.45) is 0 Å².